The van der Waals surface area contributed by atoms with E-state index < -0.39 is 9.73 Å². The maximum absolute atomic E-state index is 12.9. The van der Waals surface area contributed by atoms with E-state index in [0.29, 0.717) is 31.4 Å². The largest absolute Gasteiger partial charge is 0.378 e. The number of thiocarbonyl (C=S) groups is 1. The minimum Gasteiger partial charge on any atom is -0.378 e. The molecule has 1 aromatic heterocycles. The summed E-state index contributed by atoms with van der Waals surface area (Å²) < 4.78 is 22.5. The Morgan fingerprint density at radius 2 is 2.14 bits per heavy atom. The number of rotatable bonds is 2. The molecule has 2 heterocycles. The van der Waals surface area contributed by atoms with Gasteiger partial charge >= 0.3 is 0 Å². The van der Waals surface area contributed by atoms with Crippen LogP contribution in [0.15, 0.2) is 22.7 Å². The van der Waals surface area contributed by atoms with Gasteiger partial charge in [-0.05, 0) is 37.7 Å². The van der Waals surface area contributed by atoms with Crippen molar-refractivity contribution in [2.75, 3.05) is 32.6 Å². The lowest BCUT2D eigenvalue weighted by atomic mass is 10.2. The number of ether oxygens (including phenoxy) is 1. The zero-order chi connectivity index (χ0) is 15.5. The third kappa shape index (κ3) is 4.21. The molecule has 0 aromatic carbocycles. The molecule has 0 saturated carbocycles. The molecule has 2 atom stereocenters. The van der Waals surface area contributed by atoms with Gasteiger partial charge in [0.25, 0.3) is 0 Å². The van der Waals surface area contributed by atoms with E-state index in [-0.39, 0.29) is 5.25 Å². The summed E-state index contributed by atoms with van der Waals surface area (Å²) in [6.45, 7) is 6.52. The molecule has 0 N–H and O–H groups in total. The number of nitrogens with zero attached hydrogens (tertiary/aromatic N) is 3. The molecule has 7 heteroatoms. The van der Waals surface area contributed by atoms with Crippen molar-refractivity contribution in [1.29, 1.82) is 0 Å². The second kappa shape index (κ2) is 6.81. The molecular weight excluding hydrogens is 306 g/mol. The van der Waals surface area contributed by atoms with E-state index in [2.05, 4.69) is 9.35 Å². The van der Waals surface area contributed by atoms with Crippen LogP contribution in [0.4, 0.5) is 0 Å². The summed E-state index contributed by atoms with van der Waals surface area (Å²) in [5.41, 5.74) is 1.86. The van der Waals surface area contributed by atoms with Gasteiger partial charge in [0.2, 0.25) is 5.11 Å². The highest BCUT2D eigenvalue weighted by molar-refractivity contribution is 7.94. The van der Waals surface area contributed by atoms with Crippen LogP contribution in [0.1, 0.15) is 23.4 Å². The fourth-order valence-electron chi connectivity index (χ4n) is 2.02. The molecule has 0 amide bonds. The normalized spacial score (nSPS) is 19.7. The molecule has 0 radical (unpaired) electrons. The van der Waals surface area contributed by atoms with Crippen molar-refractivity contribution in [2.24, 2.45) is 4.36 Å². The van der Waals surface area contributed by atoms with Crippen LogP contribution in [-0.2, 0) is 14.5 Å². The Kier molecular flexibility index (Phi) is 5.29. The van der Waals surface area contributed by atoms with Gasteiger partial charge in [0.15, 0.2) is 0 Å². The van der Waals surface area contributed by atoms with Gasteiger partial charge in [-0.1, -0.05) is 6.07 Å². The third-order valence-corrected chi connectivity index (χ3v) is 6.19. The summed E-state index contributed by atoms with van der Waals surface area (Å²) in [5.74, 6) is 0. The van der Waals surface area contributed by atoms with Crippen LogP contribution in [0.5, 0.6) is 0 Å². The van der Waals surface area contributed by atoms with E-state index in [0.717, 1.165) is 11.3 Å². The summed E-state index contributed by atoms with van der Waals surface area (Å²) in [6.07, 6.45) is 3.42. The first-order valence-corrected chi connectivity index (χ1v) is 9.30. The molecule has 1 aliphatic heterocycles. The first kappa shape index (κ1) is 16.3. The number of hydrogen-bond donors (Lipinski definition) is 0. The van der Waals surface area contributed by atoms with Crippen LogP contribution >= 0.6 is 12.2 Å². The standard InChI is InChI=1S/C14H21N3O2S2/c1-11-4-5-13(10-15-11)12(2)21(3,18)16-14(20)17-6-8-19-9-7-17/h4-5,10,12H,6-9H2,1-3H3. The van der Waals surface area contributed by atoms with E-state index in [4.69, 9.17) is 17.0 Å². The third-order valence-electron chi connectivity index (χ3n) is 3.60. The van der Waals surface area contributed by atoms with Crippen molar-refractivity contribution in [1.82, 2.24) is 9.88 Å². The summed E-state index contributed by atoms with van der Waals surface area (Å²) in [5, 5.41) is 0.197. The van der Waals surface area contributed by atoms with Crippen molar-refractivity contribution in [2.45, 2.75) is 19.1 Å². The minimum atomic E-state index is -2.46. The molecule has 1 aromatic rings. The van der Waals surface area contributed by atoms with Crippen molar-refractivity contribution in [3.05, 3.63) is 29.6 Å². The maximum atomic E-state index is 12.9. The smallest absolute Gasteiger partial charge is 0.204 e. The molecule has 116 valence electrons. The SMILES string of the molecule is Cc1ccc(C(C)S(C)(=O)=NC(=S)N2CCOCC2)cn1. The lowest BCUT2D eigenvalue weighted by molar-refractivity contribution is 0.0687. The number of morpholine rings is 1. The van der Waals surface area contributed by atoms with E-state index >= 15 is 0 Å². The predicted molar refractivity (Wildman–Crippen MR) is 88.9 cm³/mol. The lowest BCUT2D eigenvalue weighted by Gasteiger charge is -2.27. The average Bonchev–Trinajstić information content (AvgIpc) is 2.48. The van der Waals surface area contributed by atoms with E-state index in [1.54, 1.807) is 12.5 Å². The van der Waals surface area contributed by atoms with Crippen molar-refractivity contribution in [3.8, 4) is 0 Å². The molecule has 0 aliphatic carbocycles. The second-order valence-electron chi connectivity index (χ2n) is 5.21. The van der Waals surface area contributed by atoms with Crippen LogP contribution in [0.25, 0.3) is 0 Å². The zero-order valence-corrected chi connectivity index (χ0v) is 14.2. The molecule has 2 rings (SSSR count). The Balaban J connectivity index is 2.19. The summed E-state index contributed by atoms with van der Waals surface area (Å²) in [4.78, 5) is 6.20. The molecule has 2 unspecified atom stereocenters. The fraction of sp³-hybridized carbons (Fsp3) is 0.571. The van der Waals surface area contributed by atoms with Gasteiger partial charge in [0.05, 0.1) is 28.2 Å². The second-order valence-corrected chi connectivity index (χ2v) is 8.19. The van der Waals surface area contributed by atoms with Gasteiger partial charge in [-0.2, -0.15) is 4.36 Å². The number of pyridine rings is 1. The Morgan fingerprint density at radius 1 is 1.48 bits per heavy atom. The van der Waals surface area contributed by atoms with Crippen molar-refractivity contribution >= 4 is 27.1 Å². The first-order valence-electron chi connectivity index (χ1n) is 6.90. The van der Waals surface area contributed by atoms with Gasteiger partial charge < -0.3 is 9.64 Å². The molecule has 0 spiro atoms. The van der Waals surface area contributed by atoms with Crippen LogP contribution < -0.4 is 0 Å². The maximum Gasteiger partial charge on any atom is 0.204 e. The molecule has 1 saturated heterocycles. The highest BCUT2D eigenvalue weighted by Gasteiger charge is 2.20. The van der Waals surface area contributed by atoms with Gasteiger partial charge in [-0.15, -0.1) is 0 Å². The molecule has 5 nitrogen and oxygen atoms in total. The van der Waals surface area contributed by atoms with Gasteiger partial charge in [-0.3, -0.25) is 4.98 Å². The molecular formula is C14H21N3O2S2. The Morgan fingerprint density at radius 3 is 2.71 bits per heavy atom. The first-order chi connectivity index (χ1) is 9.90. The van der Waals surface area contributed by atoms with Crippen LogP contribution in [-0.4, -0.2) is 51.8 Å². The lowest BCUT2D eigenvalue weighted by Crippen LogP contribution is -2.39. The summed E-state index contributed by atoms with van der Waals surface area (Å²) in [7, 11) is -2.46. The van der Waals surface area contributed by atoms with Gasteiger partial charge in [-0.25, -0.2) is 4.21 Å². The fourth-order valence-corrected chi connectivity index (χ4v) is 3.87. The van der Waals surface area contributed by atoms with E-state index in [1.807, 2.05) is 30.9 Å². The van der Waals surface area contributed by atoms with Gasteiger partial charge in [0.1, 0.15) is 0 Å². The zero-order valence-electron chi connectivity index (χ0n) is 12.6. The van der Waals surface area contributed by atoms with E-state index in [1.165, 1.54) is 0 Å². The van der Waals surface area contributed by atoms with Crippen molar-refractivity contribution in [3.63, 3.8) is 0 Å². The van der Waals surface area contributed by atoms with Crippen LogP contribution in [0.3, 0.4) is 0 Å². The van der Waals surface area contributed by atoms with Crippen LogP contribution in [0, 0.1) is 6.92 Å². The quantitative estimate of drug-likeness (QED) is 0.779. The number of hydrogen-bond acceptors (Lipinski definition) is 4. The minimum absolute atomic E-state index is 0.218. The van der Waals surface area contributed by atoms with Gasteiger partial charge in [0, 0.05) is 31.2 Å². The van der Waals surface area contributed by atoms with Crippen LogP contribution in [0.2, 0.25) is 0 Å². The number of aryl methyl sites for hydroxylation is 1. The Hall–Kier alpha value is -1.05. The number of aromatic nitrogens is 1. The predicted octanol–water partition coefficient (Wildman–Crippen LogP) is 2.17. The molecule has 21 heavy (non-hydrogen) atoms. The molecule has 0 bridgehead atoms. The van der Waals surface area contributed by atoms with E-state index in [9.17, 15) is 4.21 Å². The molecule has 1 fully saturated rings. The summed E-state index contributed by atoms with van der Waals surface area (Å²) in [6, 6.07) is 3.87. The highest BCUT2D eigenvalue weighted by Crippen LogP contribution is 2.22. The molecule has 1 aliphatic rings. The summed E-state index contributed by atoms with van der Waals surface area (Å²) >= 11 is 5.32. The topological polar surface area (TPSA) is 54.8 Å². The average molecular weight is 327 g/mol. The monoisotopic (exact) mass is 327 g/mol. The Bertz CT molecular complexity index is 616. The highest BCUT2D eigenvalue weighted by atomic mass is 32.2. The Labute approximate surface area is 131 Å². The van der Waals surface area contributed by atoms with Crippen molar-refractivity contribution < 1.29 is 8.95 Å².